The Labute approximate surface area is 66.6 Å². The van der Waals surface area contributed by atoms with Crippen molar-refractivity contribution in [1.82, 2.24) is 0 Å². The molecule has 0 heterocycles. The maximum atomic E-state index is 10.2. The van der Waals surface area contributed by atoms with E-state index >= 15 is 0 Å². The van der Waals surface area contributed by atoms with E-state index in [9.17, 15) is 4.79 Å². The van der Waals surface area contributed by atoms with Gasteiger partial charge in [-0.2, -0.15) is 11.8 Å². The van der Waals surface area contributed by atoms with Crippen molar-refractivity contribution in [1.29, 1.82) is 0 Å². The topological polar surface area (TPSA) is 43.1 Å². The van der Waals surface area contributed by atoms with E-state index < -0.39 is 0 Å². The molecular formula is C7H15NOS. The minimum absolute atomic E-state index is 0.177. The summed E-state index contributed by atoms with van der Waals surface area (Å²) in [5, 5.41) is 0. The molecule has 0 atom stereocenters. The van der Waals surface area contributed by atoms with Crippen molar-refractivity contribution in [3.05, 3.63) is 0 Å². The van der Waals surface area contributed by atoms with E-state index in [1.165, 1.54) is 12.2 Å². The van der Waals surface area contributed by atoms with Crippen LogP contribution < -0.4 is 5.73 Å². The number of carbonyl (C=O) groups excluding carboxylic acids is 1. The minimum atomic E-state index is -0.177. The molecule has 0 saturated carbocycles. The van der Waals surface area contributed by atoms with Gasteiger partial charge in [-0.05, 0) is 24.9 Å². The number of hydrogen-bond donors (Lipinski definition) is 1. The number of hydrogen-bond acceptors (Lipinski definition) is 2. The molecule has 0 spiro atoms. The Bertz CT molecular complexity index is 95.6. The third kappa shape index (κ3) is 7.82. The molecule has 0 aliphatic rings. The van der Waals surface area contributed by atoms with Gasteiger partial charge in [0, 0.05) is 6.42 Å². The highest BCUT2D eigenvalue weighted by Gasteiger charge is 1.92. The largest absolute Gasteiger partial charge is 0.370 e. The van der Waals surface area contributed by atoms with E-state index in [0.29, 0.717) is 6.42 Å². The van der Waals surface area contributed by atoms with E-state index in [-0.39, 0.29) is 5.91 Å². The van der Waals surface area contributed by atoms with Crippen LogP contribution in [0.2, 0.25) is 0 Å². The predicted molar refractivity (Wildman–Crippen MR) is 46.0 cm³/mol. The van der Waals surface area contributed by atoms with Crippen molar-refractivity contribution in [2.75, 3.05) is 12.0 Å². The molecule has 0 aromatic carbocycles. The van der Waals surface area contributed by atoms with E-state index in [4.69, 9.17) is 5.73 Å². The van der Waals surface area contributed by atoms with Gasteiger partial charge in [0.1, 0.15) is 0 Å². The molecule has 1 amide bonds. The van der Waals surface area contributed by atoms with Gasteiger partial charge < -0.3 is 5.73 Å². The van der Waals surface area contributed by atoms with Crippen LogP contribution in [0.3, 0.4) is 0 Å². The summed E-state index contributed by atoms with van der Waals surface area (Å²) < 4.78 is 0. The second kappa shape index (κ2) is 6.93. The van der Waals surface area contributed by atoms with Crippen LogP contribution in [0, 0.1) is 0 Å². The first-order chi connectivity index (χ1) is 4.77. The molecule has 2 N–H and O–H groups in total. The number of nitrogens with two attached hydrogens (primary N) is 1. The second-order valence-electron chi connectivity index (χ2n) is 2.27. The van der Waals surface area contributed by atoms with E-state index in [1.54, 1.807) is 0 Å². The second-order valence-corrected chi connectivity index (χ2v) is 3.26. The molecule has 60 valence electrons. The summed E-state index contributed by atoms with van der Waals surface area (Å²) in [6, 6.07) is 0. The third-order valence-electron chi connectivity index (χ3n) is 1.27. The van der Waals surface area contributed by atoms with Crippen molar-refractivity contribution in [3.63, 3.8) is 0 Å². The average Bonchev–Trinajstić information content (AvgIpc) is 1.87. The molecule has 0 aliphatic heterocycles. The molecule has 0 radical (unpaired) electrons. The number of carbonyl (C=O) groups is 1. The fraction of sp³-hybridized carbons (Fsp3) is 0.857. The summed E-state index contributed by atoms with van der Waals surface area (Å²) in [4.78, 5) is 10.2. The van der Waals surface area contributed by atoms with Crippen LogP contribution in [0.15, 0.2) is 0 Å². The molecule has 0 unspecified atom stereocenters. The fourth-order valence-corrected chi connectivity index (χ4v) is 1.22. The molecule has 0 aliphatic carbocycles. The van der Waals surface area contributed by atoms with Crippen molar-refractivity contribution in [2.24, 2.45) is 5.73 Å². The lowest BCUT2D eigenvalue weighted by Crippen LogP contribution is -2.09. The summed E-state index contributed by atoms with van der Waals surface area (Å²) in [7, 11) is 0. The monoisotopic (exact) mass is 161 g/mol. The minimum Gasteiger partial charge on any atom is -0.370 e. The summed E-state index contributed by atoms with van der Waals surface area (Å²) in [5.41, 5.74) is 4.96. The van der Waals surface area contributed by atoms with Gasteiger partial charge in [-0.3, -0.25) is 4.79 Å². The predicted octanol–water partition coefficient (Wildman–Crippen LogP) is 1.40. The number of rotatable bonds is 6. The van der Waals surface area contributed by atoms with Crippen molar-refractivity contribution in [2.45, 2.75) is 25.7 Å². The molecule has 0 aromatic heterocycles. The maximum absolute atomic E-state index is 10.2. The lowest BCUT2D eigenvalue weighted by molar-refractivity contribution is -0.118. The first-order valence-corrected chi connectivity index (χ1v) is 4.94. The zero-order chi connectivity index (χ0) is 7.82. The Morgan fingerprint density at radius 2 is 2.10 bits per heavy atom. The summed E-state index contributed by atoms with van der Waals surface area (Å²) in [5.74, 6) is 1.02. The van der Waals surface area contributed by atoms with Crippen LogP contribution in [-0.2, 0) is 4.79 Å². The van der Waals surface area contributed by atoms with Crippen molar-refractivity contribution in [3.8, 4) is 0 Å². The van der Waals surface area contributed by atoms with Crippen LogP contribution in [-0.4, -0.2) is 17.9 Å². The molecule has 0 rings (SSSR count). The van der Waals surface area contributed by atoms with Crippen molar-refractivity contribution >= 4 is 17.7 Å². The van der Waals surface area contributed by atoms with Gasteiger partial charge in [-0.1, -0.05) is 6.42 Å². The number of unbranched alkanes of at least 4 members (excludes halogenated alkanes) is 2. The Morgan fingerprint density at radius 3 is 2.60 bits per heavy atom. The van der Waals surface area contributed by atoms with Gasteiger partial charge in [-0.15, -0.1) is 0 Å². The van der Waals surface area contributed by atoms with Crippen LogP contribution in [0.1, 0.15) is 25.7 Å². The Morgan fingerprint density at radius 1 is 1.40 bits per heavy atom. The zero-order valence-electron chi connectivity index (χ0n) is 6.43. The van der Waals surface area contributed by atoms with E-state index in [0.717, 1.165) is 12.8 Å². The Hall–Kier alpha value is -0.180. The van der Waals surface area contributed by atoms with Gasteiger partial charge in [0.05, 0.1) is 0 Å². The molecule has 10 heavy (non-hydrogen) atoms. The zero-order valence-corrected chi connectivity index (χ0v) is 7.25. The highest BCUT2D eigenvalue weighted by Crippen LogP contribution is 2.03. The molecule has 0 fully saturated rings. The highest BCUT2D eigenvalue weighted by molar-refractivity contribution is 7.98. The average molecular weight is 161 g/mol. The first-order valence-electron chi connectivity index (χ1n) is 3.54. The maximum Gasteiger partial charge on any atom is 0.217 e. The fourth-order valence-electron chi connectivity index (χ4n) is 0.722. The number of primary amides is 1. The molecule has 0 aromatic rings. The smallest absolute Gasteiger partial charge is 0.217 e. The van der Waals surface area contributed by atoms with Crippen LogP contribution in [0.5, 0.6) is 0 Å². The summed E-state index contributed by atoms with van der Waals surface area (Å²) in [6.07, 6.45) is 5.93. The van der Waals surface area contributed by atoms with Gasteiger partial charge in [0.15, 0.2) is 0 Å². The molecule has 0 bridgehead atoms. The standard InChI is InChI=1S/C7H15NOS/c1-10-6-4-2-3-5-7(8)9/h2-6H2,1H3,(H2,8,9). The normalized spacial score (nSPS) is 9.70. The van der Waals surface area contributed by atoms with Crippen LogP contribution in [0.4, 0.5) is 0 Å². The van der Waals surface area contributed by atoms with Crippen molar-refractivity contribution < 1.29 is 4.79 Å². The molecule has 2 nitrogen and oxygen atoms in total. The summed E-state index contributed by atoms with van der Waals surface area (Å²) >= 11 is 1.84. The van der Waals surface area contributed by atoms with Gasteiger partial charge in [0.25, 0.3) is 0 Å². The van der Waals surface area contributed by atoms with Gasteiger partial charge in [-0.25, -0.2) is 0 Å². The molecule has 0 saturated heterocycles. The molecule has 3 heteroatoms. The Balaban J connectivity index is 2.84. The van der Waals surface area contributed by atoms with E-state index in [1.807, 2.05) is 11.8 Å². The third-order valence-corrected chi connectivity index (χ3v) is 1.97. The molecular weight excluding hydrogens is 146 g/mol. The van der Waals surface area contributed by atoms with E-state index in [2.05, 4.69) is 6.26 Å². The van der Waals surface area contributed by atoms with Crippen LogP contribution >= 0.6 is 11.8 Å². The Kier molecular flexibility index (Phi) is 6.81. The number of thioether (sulfide) groups is 1. The highest BCUT2D eigenvalue weighted by atomic mass is 32.2. The first kappa shape index (κ1) is 9.82. The lowest BCUT2D eigenvalue weighted by atomic mass is 10.2. The quantitative estimate of drug-likeness (QED) is 0.598. The lowest BCUT2D eigenvalue weighted by Gasteiger charge is -1.95. The number of amides is 1. The van der Waals surface area contributed by atoms with Gasteiger partial charge >= 0.3 is 0 Å². The summed E-state index contributed by atoms with van der Waals surface area (Å²) in [6.45, 7) is 0. The van der Waals surface area contributed by atoms with Gasteiger partial charge in [0.2, 0.25) is 5.91 Å². The van der Waals surface area contributed by atoms with Crippen LogP contribution in [0.25, 0.3) is 0 Å². The SMILES string of the molecule is CSCCCCCC(N)=O.